The molecule has 0 spiro atoms. The maximum absolute atomic E-state index is 11.2. The minimum atomic E-state index is -2.79. The van der Waals surface area contributed by atoms with Crippen molar-refractivity contribution in [2.45, 2.75) is 18.9 Å². The molecule has 1 aromatic rings. The van der Waals surface area contributed by atoms with Gasteiger partial charge in [-0.05, 0) is 25.0 Å². The zero-order valence-electron chi connectivity index (χ0n) is 8.69. The van der Waals surface area contributed by atoms with Crippen molar-refractivity contribution in [2.24, 2.45) is 0 Å². The third-order valence-corrected chi connectivity index (χ3v) is 4.57. The summed E-state index contributed by atoms with van der Waals surface area (Å²) in [5.74, 6) is 0.535. The molecular weight excluding hydrogens is 248 g/mol. The molecule has 0 amide bonds. The topological polar surface area (TPSA) is 59.1 Å². The van der Waals surface area contributed by atoms with E-state index < -0.39 is 9.84 Å². The quantitative estimate of drug-likeness (QED) is 0.823. The Hall–Kier alpha value is -0.810. The molecule has 88 valence electrons. The van der Waals surface area contributed by atoms with Gasteiger partial charge < -0.3 is 5.32 Å². The van der Waals surface area contributed by atoms with E-state index in [4.69, 9.17) is 11.6 Å². The lowest BCUT2D eigenvalue weighted by Crippen LogP contribution is -2.32. The molecule has 1 aliphatic heterocycles. The number of nitrogens with zero attached hydrogens (tertiary/aromatic N) is 1. The molecule has 0 aliphatic carbocycles. The van der Waals surface area contributed by atoms with Crippen LogP contribution in [0.25, 0.3) is 0 Å². The molecule has 6 heteroatoms. The van der Waals surface area contributed by atoms with Gasteiger partial charge in [0.2, 0.25) is 0 Å². The van der Waals surface area contributed by atoms with Gasteiger partial charge in [0.05, 0.1) is 11.5 Å². The number of sulfone groups is 1. The molecule has 0 bridgehead atoms. The highest BCUT2D eigenvalue weighted by Gasteiger charge is 2.23. The first-order valence-electron chi connectivity index (χ1n) is 5.14. The fraction of sp³-hybridized carbons (Fsp3) is 0.500. The van der Waals surface area contributed by atoms with Gasteiger partial charge in [0, 0.05) is 17.9 Å². The van der Waals surface area contributed by atoms with E-state index >= 15 is 0 Å². The minimum absolute atomic E-state index is 0.210. The van der Waals surface area contributed by atoms with Crippen LogP contribution in [0, 0.1) is 0 Å². The lowest BCUT2D eigenvalue weighted by Gasteiger charge is -2.23. The van der Waals surface area contributed by atoms with Crippen molar-refractivity contribution >= 4 is 27.1 Å². The van der Waals surface area contributed by atoms with Gasteiger partial charge in [0.1, 0.15) is 15.0 Å². The van der Waals surface area contributed by atoms with Crippen molar-refractivity contribution in [3.8, 4) is 0 Å². The molecule has 1 aliphatic rings. The number of rotatable bonds is 2. The Bertz CT molecular complexity index is 461. The summed E-state index contributed by atoms with van der Waals surface area (Å²) in [6.45, 7) is 0. The number of pyridine rings is 1. The fourth-order valence-corrected chi connectivity index (χ4v) is 3.43. The van der Waals surface area contributed by atoms with Gasteiger partial charge in [-0.1, -0.05) is 11.6 Å². The lowest BCUT2D eigenvalue weighted by atomic mass is 10.1. The summed E-state index contributed by atoms with van der Waals surface area (Å²) in [5.41, 5.74) is 0.893. The molecule has 1 fully saturated rings. The minimum Gasteiger partial charge on any atom is -0.382 e. The van der Waals surface area contributed by atoms with Crippen molar-refractivity contribution in [3.05, 3.63) is 23.5 Å². The Kier molecular flexibility index (Phi) is 3.35. The van der Waals surface area contributed by atoms with Gasteiger partial charge in [-0.3, -0.25) is 0 Å². The van der Waals surface area contributed by atoms with E-state index in [-0.39, 0.29) is 17.5 Å². The molecule has 4 nitrogen and oxygen atoms in total. The first kappa shape index (κ1) is 11.7. The average molecular weight is 261 g/mol. The average Bonchev–Trinajstić information content (AvgIpc) is 2.21. The second-order valence-electron chi connectivity index (χ2n) is 3.94. The molecule has 0 atom stereocenters. The molecule has 0 aromatic carbocycles. The molecule has 1 N–H and O–H groups in total. The summed E-state index contributed by atoms with van der Waals surface area (Å²) >= 11 is 5.76. The number of hydrogen-bond donors (Lipinski definition) is 1. The van der Waals surface area contributed by atoms with Crippen LogP contribution in [0.3, 0.4) is 0 Å². The van der Waals surface area contributed by atoms with E-state index in [2.05, 4.69) is 10.3 Å². The van der Waals surface area contributed by atoms with Crippen molar-refractivity contribution < 1.29 is 8.42 Å². The second kappa shape index (κ2) is 4.59. The summed E-state index contributed by atoms with van der Waals surface area (Å²) in [7, 11) is -2.79. The maximum Gasteiger partial charge on any atom is 0.150 e. The standard InChI is InChI=1S/C10H13ClN2O2S/c11-10-7-9(1-4-12-10)13-8-2-5-16(14,15)6-3-8/h1,4,7-8H,2-3,5-6H2,(H,12,13). The summed E-state index contributed by atoms with van der Waals surface area (Å²) in [6, 6.07) is 3.78. The first-order valence-corrected chi connectivity index (χ1v) is 7.34. The number of hydrogen-bond acceptors (Lipinski definition) is 4. The molecule has 0 saturated carbocycles. The van der Waals surface area contributed by atoms with E-state index in [0.717, 1.165) is 5.69 Å². The lowest BCUT2D eigenvalue weighted by molar-refractivity contribution is 0.559. The highest BCUT2D eigenvalue weighted by molar-refractivity contribution is 7.91. The Morgan fingerprint density at radius 1 is 1.38 bits per heavy atom. The van der Waals surface area contributed by atoms with Crippen LogP contribution in [-0.4, -0.2) is 30.9 Å². The van der Waals surface area contributed by atoms with Crippen LogP contribution in [0.1, 0.15) is 12.8 Å². The van der Waals surface area contributed by atoms with Gasteiger partial charge in [-0.2, -0.15) is 0 Å². The van der Waals surface area contributed by atoms with Gasteiger partial charge in [0.25, 0.3) is 0 Å². The van der Waals surface area contributed by atoms with Crippen LogP contribution in [-0.2, 0) is 9.84 Å². The predicted molar refractivity (Wildman–Crippen MR) is 64.5 cm³/mol. The molecule has 1 saturated heterocycles. The zero-order valence-corrected chi connectivity index (χ0v) is 10.3. The maximum atomic E-state index is 11.2. The fourth-order valence-electron chi connectivity index (χ4n) is 1.76. The van der Waals surface area contributed by atoms with E-state index in [1.165, 1.54) is 0 Å². The van der Waals surface area contributed by atoms with Gasteiger partial charge in [-0.25, -0.2) is 13.4 Å². The number of nitrogens with one attached hydrogen (secondary N) is 1. The molecule has 16 heavy (non-hydrogen) atoms. The molecule has 0 radical (unpaired) electrons. The van der Waals surface area contributed by atoms with E-state index in [1.54, 1.807) is 12.3 Å². The Morgan fingerprint density at radius 2 is 2.06 bits per heavy atom. The molecular formula is C10H13ClN2O2S. The van der Waals surface area contributed by atoms with Crippen LogP contribution >= 0.6 is 11.6 Å². The summed E-state index contributed by atoms with van der Waals surface area (Å²) in [6.07, 6.45) is 2.94. The van der Waals surface area contributed by atoms with Crippen molar-refractivity contribution in [1.82, 2.24) is 4.98 Å². The van der Waals surface area contributed by atoms with Crippen LogP contribution in [0.2, 0.25) is 5.15 Å². The molecule has 1 aromatic heterocycles. The van der Waals surface area contributed by atoms with E-state index in [1.807, 2.05) is 6.07 Å². The van der Waals surface area contributed by atoms with Crippen molar-refractivity contribution in [3.63, 3.8) is 0 Å². The Morgan fingerprint density at radius 3 is 2.69 bits per heavy atom. The normalized spacial score (nSPS) is 20.6. The van der Waals surface area contributed by atoms with Crippen LogP contribution in [0.4, 0.5) is 5.69 Å². The summed E-state index contributed by atoms with van der Waals surface area (Å²) in [4.78, 5) is 3.89. The molecule has 0 unspecified atom stereocenters. The smallest absolute Gasteiger partial charge is 0.150 e. The van der Waals surface area contributed by atoms with Gasteiger partial charge in [-0.15, -0.1) is 0 Å². The number of halogens is 1. The van der Waals surface area contributed by atoms with Gasteiger partial charge >= 0.3 is 0 Å². The van der Waals surface area contributed by atoms with Crippen LogP contribution < -0.4 is 5.32 Å². The van der Waals surface area contributed by atoms with E-state index in [0.29, 0.717) is 18.0 Å². The number of aromatic nitrogens is 1. The zero-order chi connectivity index (χ0) is 11.6. The first-order chi connectivity index (χ1) is 7.55. The Balaban J connectivity index is 1.97. The van der Waals surface area contributed by atoms with Crippen molar-refractivity contribution in [2.75, 3.05) is 16.8 Å². The highest BCUT2D eigenvalue weighted by Crippen LogP contribution is 2.19. The third kappa shape index (κ3) is 3.09. The third-order valence-electron chi connectivity index (χ3n) is 2.65. The SMILES string of the molecule is O=S1(=O)CCC(Nc2ccnc(Cl)c2)CC1. The summed E-state index contributed by atoms with van der Waals surface area (Å²) in [5, 5.41) is 3.71. The van der Waals surface area contributed by atoms with Crippen LogP contribution in [0.5, 0.6) is 0 Å². The van der Waals surface area contributed by atoms with Crippen LogP contribution in [0.15, 0.2) is 18.3 Å². The molecule has 2 heterocycles. The second-order valence-corrected chi connectivity index (χ2v) is 6.63. The molecule has 2 rings (SSSR count). The summed E-state index contributed by atoms with van der Waals surface area (Å²) < 4.78 is 22.5. The monoisotopic (exact) mass is 260 g/mol. The predicted octanol–water partition coefficient (Wildman–Crippen LogP) is 1.72. The largest absolute Gasteiger partial charge is 0.382 e. The number of anilines is 1. The Labute approximate surface area is 99.9 Å². The van der Waals surface area contributed by atoms with E-state index in [9.17, 15) is 8.42 Å². The van der Waals surface area contributed by atoms with Gasteiger partial charge in [0.15, 0.2) is 0 Å². The van der Waals surface area contributed by atoms with Crippen molar-refractivity contribution in [1.29, 1.82) is 0 Å². The highest BCUT2D eigenvalue weighted by atomic mass is 35.5.